The summed E-state index contributed by atoms with van der Waals surface area (Å²) in [5.41, 5.74) is 3.57. The molecular formula is C26H37N7O6S. The van der Waals surface area contributed by atoms with Crippen LogP contribution < -0.4 is 10.3 Å². The predicted molar refractivity (Wildman–Crippen MR) is 156 cm³/mol. The molecule has 1 heterocycles. The van der Waals surface area contributed by atoms with Crippen molar-refractivity contribution < 1.29 is 18.3 Å². The normalized spacial score (nSPS) is 14.9. The Bertz CT molecular complexity index is 1350. The fourth-order valence-corrected chi connectivity index (χ4v) is 6.35. The summed E-state index contributed by atoms with van der Waals surface area (Å²) in [6, 6.07) is 8.08. The van der Waals surface area contributed by atoms with E-state index in [0.717, 1.165) is 37.9 Å². The summed E-state index contributed by atoms with van der Waals surface area (Å²) in [5.74, 6) is 0.0621. The Morgan fingerprint density at radius 2 is 1.50 bits per heavy atom. The quantitative estimate of drug-likeness (QED) is 0.225. The molecule has 0 radical (unpaired) electrons. The van der Waals surface area contributed by atoms with Gasteiger partial charge in [0.2, 0.25) is 10.0 Å². The molecule has 0 aliphatic carbocycles. The van der Waals surface area contributed by atoms with Crippen LogP contribution in [0.4, 0.5) is 22.7 Å². The highest BCUT2D eigenvalue weighted by atomic mass is 32.2. The van der Waals surface area contributed by atoms with E-state index >= 15 is 0 Å². The van der Waals surface area contributed by atoms with Crippen LogP contribution in [0.3, 0.4) is 0 Å². The van der Waals surface area contributed by atoms with Crippen molar-refractivity contribution in [3.05, 3.63) is 62.2 Å². The van der Waals surface area contributed by atoms with Gasteiger partial charge in [0.1, 0.15) is 4.90 Å². The molecular weight excluding hydrogens is 538 g/mol. The smallest absolute Gasteiger partial charge is 0.270 e. The lowest BCUT2D eigenvalue weighted by Gasteiger charge is -2.34. The molecule has 3 rings (SSSR count). The molecule has 0 unspecified atom stereocenters. The molecule has 2 aromatic rings. The fraction of sp³-hybridized carbons (Fsp3) is 0.500. The molecule has 2 aromatic carbocycles. The Kier molecular flexibility index (Phi) is 10.2. The van der Waals surface area contributed by atoms with Gasteiger partial charge in [0.05, 0.1) is 21.7 Å². The number of rotatable bonds is 12. The first kappa shape index (κ1) is 30.9. The van der Waals surface area contributed by atoms with Crippen LogP contribution in [-0.4, -0.2) is 80.0 Å². The molecule has 1 saturated heterocycles. The van der Waals surface area contributed by atoms with E-state index in [9.17, 15) is 28.6 Å². The summed E-state index contributed by atoms with van der Waals surface area (Å²) in [4.78, 5) is 25.8. The van der Waals surface area contributed by atoms with E-state index in [1.54, 1.807) is 6.07 Å². The predicted octanol–water partition coefficient (Wildman–Crippen LogP) is 4.00. The number of hydrazone groups is 1. The van der Waals surface area contributed by atoms with Gasteiger partial charge in [-0.25, -0.2) is 8.42 Å². The minimum Gasteiger partial charge on any atom is -0.368 e. The largest absolute Gasteiger partial charge is 0.368 e. The highest BCUT2D eigenvalue weighted by Gasteiger charge is 2.30. The molecule has 14 heteroatoms. The third kappa shape index (κ3) is 7.73. The number of anilines is 2. The topological polar surface area (TPSA) is 155 Å². The molecule has 0 spiro atoms. The molecule has 218 valence electrons. The van der Waals surface area contributed by atoms with Crippen molar-refractivity contribution in [1.29, 1.82) is 0 Å². The highest BCUT2D eigenvalue weighted by Crippen LogP contribution is 2.31. The first-order valence-electron chi connectivity index (χ1n) is 13.1. The monoisotopic (exact) mass is 575 g/mol. The molecule has 0 bridgehead atoms. The van der Waals surface area contributed by atoms with Crippen LogP contribution in [-0.2, 0) is 10.0 Å². The second-order valence-electron chi connectivity index (χ2n) is 10.7. The third-order valence-corrected chi connectivity index (χ3v) is 8.26. The molecule has 13 nitrogen and oxygen atoms in total. The summed E-state index contributed by atoms with van der Waals surface area (Å²) in [6.45, 7) is 11.2. The van der Waals surface area contributed by atoms with Crippen LogP contribution in [0, 0.1) is 32.1 Å². The summed E-state index contributed by atoms with van der Waals surface area (Å²) in [5, 5.41) is 27.2. The van der Waals surface area contributed by atoms with Gasteiger partial charge in [0.25, 0.3) is 11.4 Å². The number of piperazine rings is 1. The molecule has 0 saturated carbocycles. The molecule has 1 aliphatic rings. The molecule has 1 aliphatic heterocycles. The second kappa shape index (κ2) is 13.2. The van der Waals surface area contributed by atoms with Gasteiger partial charge in [0.15, 0.2) is 0 Å². The standard InChI is InChI=1S/C26H37N7O6S/c1-19(2)17-31(18-20(3)4)40(38,39)26-15-23(33(36)37)6-8-24(26)28-27-16-21-14-22(32(34)35)7-9-25(21)30-12-10-29(5)11-13-30/h6-9,14-16,19-20,28H,10-13,17-18H2,1-5H3. The van der Waals surface area contributed by atoms with Crippen molar-refractivity contribution in [2.24, 2.45) is 16.9 Å². The van der Waals surface area contributed by atoms with Gasteiger partial charge in [-0.2, -0.15) is 9.41 Å². The number of hydrogen-bond acceptors (Lipinski definition) is 10. The van der Waals surface area contributed by atoms with Gasteiger partial charge in [-0.1, -0.05) is 27.7 Å². The number of benzene rings is 2. The number of nitro benzene ring substituents is 2. The third-order valence-electron chi connectivity index (χ3n) is 6.39. The van der Waals surface area contributed by atoms with Crippen LogP contribution in [0.2, 0.25) is 0 Å². The van der Waals surface area contributed by atoms with E-state index in [1.165, 1.54) is 34.8 Å². The minimum atomic E-state index is -4.13. The minimum absolute atomic E-state index is 0.0310. The Morgan fingerprint density at radius 3 is 2.05 bits per heavy atom. The van der Waals surface area contributed by atoms with E-state index in [-0.39, 0.29) is 46.9 Å². The first-order chi connectivity index (χ1) is 18.8. The summed E-state index contributed by atoms with van der Waals surface area (Å²) >= 11 is 0. The van der Waals surface area contributed by atoms with Gasteiger partial charge < -0.3 is 9.80 Å². The first-order valence-corrected chi connectivity index (χ1v) is 14.5. The van der Waals surface area contributed by atoms with Gasteiger partial charge in [0, 0.05) is 74.8 Å². The molecule has 40 heavy (non-hydrogen) atoms. The lowest BCUT2D eigenvalue weighted by molar-refractivity contribution is -0.385. The number of sulfonamides is 1. The van der Waals surface area contributed by atoms with Crippen LogP contribution in [0.5, 0.6) is 0 Å². The SMILES string of the molecule is CC(C)CN(CC(C)C)S(=O)(=O)c1cc([N+](=O)[O-])ccc1NN=Cc1cc([N+](=O)[O-])ccc1N1CCN(C)CC1. The van der Waals surface area contributed by atoms with Gasteiger partial charge in [-0.3, -0.25) is 25.7 Å². The van der Waals surface area contributed by atoms with Gasteiger partial charge in [-0.05, 0) is 31.0 Å². The molecule has 0 atom stereocenters. The zero-order valence-corrected chi connectivity index (χ0v) is 24.3. The van der Waals surface area contributed by atoms with Crippen molar-refractivity contribution >= 4 is 39.0 Å². The van der Waals surface area contributed by atoms with E-state index in [0.29, 0.717) is 5.56 Å². The number of nitrogens with zero attached hydrogens (tertiary/aromatic N) is 6. The van der Waals surface area contributed by atoms with Crippen molar-refractivity contribution in [3.8, 4) is 0 Å². The van der Waals surface area contributed by atoms with E-state index in [2.05, 4.69) is 20.3 Å². The van der Waals surface area contributed by atoms with Crippen LogP contribution in [0.15, 0.2) is 46.4 Å². The summed E-state index contributed by atoms with van der Waals surface area (Å²) in [7, 11) is -2.10. The van der Waals surface area contributed by atoms with E-state index < -0.39 is 19.9 Å². The van der Waals surface area contributed by atoms with Gasteiger partial charge >= 0.3 is 0 Å². The number of nitro groups is 2. The zero-order valence-electron chi connectivity index (χ0n) is 23.5. The van der Waals surface area contributed by atoms with Crippen molar-refractivity contribution in [1.82, 2.24) is 9.21 Å². The van der Waals surface area contributed by atoms with Crippen LogP contribution in [0.1, 0.15) is 33.3 Å². The Labute approximate surface area is 234 Å². The lowest BCUT2D eigenvalue weighted by atomic mass is 10.1. The average molecular weight is 576 g/mol. The number of non-ortho nitro benzene ring substituents is 2. The second-order valence-corrected chi connectivity index (χ2v) is 12.6. The average Bonchev–Trinajstić information content (AvgIpc) is 2.88. The number of nitrogens with one attached hydrogen (secondary N) is 1. The van der Waals surface area contributed by atoms with Crippen molar-refractivity contribution in [2.75, 3.05) is 56.6 Å². The zero-order chi connectivity index (χ0) is 29.6. The molecule has 1 fully saturated rings. The number of likely N-dealkylation sites (N-methyl/N-ethyl adjacent to an activating group) is 1. The Morgan fingerprint density at radius 1 is 0.950 bits per heavy atom. The van der Waals surface area contributed by atoms with Gasteiger partial charge in [-0.15, -0.1) is 0 Å². The molecule has 1 N–H and O–H groups in total. The maximum absolute atomic E-state index is 13.8. The van der Waals surface area contributed by atoms with Crippen LogP contribution >= 0.6 is 0 Å². The van der Waals surface area contributed by atoms with Crippen molar-refractivity contribution in [3.63, 3.8) is 0 Å². The lowest BCUT2D eigenvalue weighted by Crippen LogP contribution is -2.44. The number of hydrogen-bond donors (Lipinski definition) is 1. The molecule has 0 aromatic heterocycles. The van der Waals surface area contributed by atoms with E-state index in [1.807, 2.05) is 34.7 Å². The van der Waals surface area contributed by atoms with Crippen LogP contribution in [0.25, 0.3) is 0 Å². The Balaban J connectivity index is 2.01. The Hall–Kier alpha value is -3.62. The van der Waals surface area contributed by atoms with E-state index in [4.69, 9.17) is 0 Å². The summed E-state index contributed by atoms with van der Waals surface area (Å²) in [6.07, 6.45) is 1.40. The maximum Gasteiger partial charge on any atom is 0.270 e. The van der Waals surface area contributed by atoms with Crippen molar-refractivity contribution in [2.45, 2.75) is 32.6 Å². The highest BCUT2D eigenvalue weighted by molar-refractivity contribution is 7.89. The molecule has 0 amide bonds. The maximum atomic E-state index is 13.8. The fourth-order valence-electron chi connectivity index (χ4n) is 4.42. The summed E-state index contributed by atoms with van der Waals surface area (Å²) < 4.78 is 28.9.